The molecule has 0 saturated carbocycles. The number of aryl methyl sites for hydroxylation is 1. The summed E-state index contributed by atoms with van der Waals surface area (Å²) in [4.78, 5) is 18.2. The molecule has 0 unspecified atom stereocenters. The summed E-state index contributed by atoms with van der Waals surface area (Å²) in [6.45, 7) is 1.99. The fraction of sp³-hybridized carbons (Fsp3) is 0.0435. The lowest BCUT2D eigenvalue weighted by atomic mass is 10.1. The fourth-order valence-corrected chi connectivity index (χ4v) is 3.80. The van der Waals surface area contributed by atoms with Gasteiger partial charge in [-0.25, -0.2) is 4.98 Å². The quantitative estimate of drug-likeness (QED) is 0.319. The molecule has 1 heterocycles. The SMILES string of the molecule is Cc1ccccc1-n1c(/C=C/c2ccccc2Cl)nc2ccc(I)cc2c1=O. The molecule has 5 heteroatoms. The summed E-state index contributed by atoms with van der Waals surface area (Å²) >= 11 is 8.48. The first-order valence-electron chi connectivity index (χ1n) is 8.75. The van der Waals surface area contributed by atoms with Crippen molar-refractivity contribution in [1.82, 2.24) is 9.55 Å². The standard InChI is InChI=1S/C23H16ClIN2O/c1-15-6-2-5-9-21(15)27-22(13-10-16-7-3-4-8-19(16)24)26-20-12-11-17(25)14-18(20)23(27)28/h2-14H,1H3/b13-10+. The fourth-order valence-electron chi connectivity index (χ4n) is 3.11. The Bertz CT molecular complexity index is 1280. The van der Waals surface area contributed by atoms with E-state index in [0.717, 1.165) is 20.4 Å². The maximum atomic E-state index is 13.4. The number of fused-ring (bicyclic) bond motifs is 1. The predicted molar refractivity (Wildman–Crippen MR) is 125 cm³/mol. The Kier molecular flexibility index (Phi) is 5.33. The van der Waals surface area contributed by atoms with Gasteiger partial charge in [-0.15, -0.1) is 0 Å². The van der Waals surface area contributed by atoms with Crippen molar-refractivity contribution < 1.29 is 0 Å². The second-order valence-electron chi connectivity index (χ2n) is 6.41. The number of halogens is 2. The summed E-state index contributed by atoms with van der Waals surface area (Å²) in [7, 11) is 0. The molecule has 28 heavy (non-hydrogen) atoms. The van der Waals surface area contributed by atoms with Gasteiger partial charge in [0.1, 0.15) is 5.82 Å². The van der Waals surface area contributed by atoms with Crippen LogP contribution in [-0.4, -0.2) is 9.55 Å². The number of aromatic nitrogens is 2. The van der Waals surface area contributed by atoms with Crippen molar-refractivity contribution in [3.63, 3.8) is 0 Å². The van der Waals surface area contributed by atoms with Crippen LogP contribution in [0.1, 0.15) is 17.0 Å². The Hall–Kier alpha value is -2.44. The highest BCUT2D eigenvalue weighted by Gasteiger charge is 2.13. The Morgan fingerprint density at radius 1 is 1.00 bits per heavy atom. The maximum absolute atomic E-state index is 13.4. The van der Waals surface area contributed by atoms with E-state index >= 15 is 0 Å². The van der Waals surface area contributed by atoms with Gasteiger partial charge in [-0.2, -0.15) is 0 Å². The molecule has 3 aromatic carbocycles. The number of nitrogens with zero attached hydrogens (tertiary/aromatic N) is 2. The van der Waals surface area contributed by atoms with E-state index in [1.165, 1.54) is 0 Å². The van der Waals surface area contributed by atoms with E-state index < -0.39 is 0 Å². The van der Waals surface area contributed by atoms with Crippen molar-refractivity contribution >= 4 is 57.2 Å². The molecule has 0 spiro atoms. The van der Waals surface area contributed by atoms with Gasteiger partial charge in [-0.3, -0.25) is 9.36 Å². The van der Waals surface area contributed by atoms with Crippen LogP contribution < -0.4 is 5.56 Å². The number of rotatable bonds is 3. The zero-order chi connectivity index (χ0) is 19.7. The van der Waals surface area contributed by atoms with Crippen LogP contribution in [0, 0.1) is 10.5 Å². The largest absolute Gasteiger partial charge is 0.268 e. The summed E-state index contributed by atoms with van der Waals surface area (Å²) in [6.07, 6.45) is 3.73. The molecule has 0 aliphatic rings. The lowest BCUT2D eigenvalue weighted by Crippen LogP contribution is -2.23. The Labute approximate surface area is 181 Å². The number of para-hydroxylation sites is 1. The first-order valence-corrected chi connectivity index (χ1v) is 10.2. The van der Waals surface area contributed by atoms with Crippen LogP contribution in [-0.2, 0) is 0 Å². The molecule has 138 valence electrons. The molecule has 3 nitrogen and oxygen atoms in total. The minimum atomic E-state index is -0.0865. The summed E-state index contributed by atoms with van der Waals surface area (Å²) in [5, 5.41) is 1.25. The van der Waals surface area contributed by atoms with E-state index in [4.69, 9.17) is 16.6 Å². The zero-order valence-corrected chi connectivity index (χ0v) is 18.0. The van der Waals surface area contributed by atoms with Gasteiger partial charge >= 0.3 is 0 Å². The van der Waals surface area contributed by atoms with Crippen molar-refractivity contribution in [2.24, 2.45) is 0 Å². The third-order valence-corrected chi connectivity index (χ3v) is 5.54. The van der Waals surface area contributed by atoms with Gasteiger partial charge in [-0.1, -0.05) is 48.0 Å². The Morgan fingerprint density at radius 3 is 2.54 bits per heavy atom. The normalized spacial score (nSPS) is 11.4. The molecule has 4 aromatic rings. The first kappa shape index (κ1) is 18.9. The average molecular weight is 499 g/mol. The molecule has 4 rings (SSSR count). The van der Waals surface area contributed by atoms with Crippen LogP contribution in [0.15, 0.2) is 71.5 Å². The smallest absolute Gasteiger partial charge is 0.266 e. The van der Waals surface area contributed by atoms with Crippen LogP contribution in [0.4, 0.5) is 0 Å². The van der Waals surface area contributed by atoms with E-state index in [1.807, 2.05) is 85.8 Å². The lowest BCUT2D eigenvalue weighted by molar-refractivity contribution is 0.934. The number of hydrogen-bond donors (Lipinski definition) is 0. The Balaban J connectivity index is 2.00. The van der Waals surface area contributed by atoms with Crippen molar-refractivity contribution in [3.8, 4) is 5.69 Å². The average Bonchev–Trinajstić information content (AvgIpc) is 2.69. The molecule has 0 saturated heterocycles. The maximum Gasteiger partial charge on any atom is 0.266 e. The molecule has 0 N–H and O–H groups in total. The monoisotopic (exact) mass is 498 g/mol. The third kappa shape index (κ3) is 3.62. The van der Waals surface area contributed by atoms with Gasteiger partial charge in [0.2, 0.25) is 0 Å². The van der Waals surface area contributed by atoms with Crippen LogP contribution in [0.25, 0.3) is 28.7 Å². The second-order valence-corrected chi connectivity index (χ2v) is 8.07. The highest BCUT2D eigenvalue weighted by atomic mass is 127. The van der Waals surface area contributed by atoms with E-state index in [2.05, 4.69) is 22.6 Å². The van der Waals surface area contributed by atoms with Gasteiger partial charge in [0.25, 0.3) is 5.56 Å². The van der Waals surface area contributed by atoms with E-state index in [1.54, 1.807) is 4.57 Å². The summed E-state index contributed by atoms with van der Waals surface area (Å²) in [5.41, 5.74) is 3.28. The predicted octanol–water partition coefficient (Wildman–Crippen LogP) is 6.12. The van der Waals surface area contributed by atoms with Gasteiger partial charge < -0.3 is 0 Å². The summed E-state index contributed by atoms with van der Waals surface area (Å²) in [6, 6.07) is 21.1. The topological polar surface area (TPSA) is 34.9 Å². The van der Waals surface area contributed by atoms with Gasteiger partial charge in [0.15, 0.2) is 0 Å². The van der Waals surface area contributed by atoms with Crippen molar-refractivity contribution in [3.05, 3.63) is 103 Å². The van der Waals surface area contributed by atoms with Crippen LogP contribution in [0.5, 0.6) is 0 Å². The van der Waals surface area contributed by atoms with Gasteiger partial charge in [-0.05, 0) is 83.1 Å². The molecule has 0 atom stereocenters. The molecule has 0 aliphatic heterocycles. The summed E-state index contributed by atoms with van der Waals surface area (Å²) < 4.78 is 2.67. The molecule has 0 fully saturated rings. The molecule has 0 amide bonds. The zero-order valence-electron chi connectivity index (χ0n) is 15.1. The van der Waals surface area contributed by atoms with Gasteiger partial charge in [0, 0.05) is 8.59 Å². The summed E-state index contributed by atoms with van der Waals surface area (Å²) in [5.74, 6) is 0.563. The van der Waals surface area contributed by atoms with Crippen molar-refractivity contribution in [1.29, 1.82) is 0 Å². The molecule has 1 aromatic heterocycles. The number of benzene rings is 3. The molecule has 0 radical (unpaired) electrons. The van der Waals surface area contributed by atoms with Crippen LogP contribution >= 0.6 is 34.2 Å². The third-order valence-electron chi connectivity index (χ3n) is 4.53. The minimum Gasteiger partial charge on any atom is -0.268 e. The Morgan fingerprint density at radius 2 is 1.75 bits per heavy atom. The highest BCUT2D eigenvalue weighted by molar-refractivity contribution is 14.1. The van der Waals surface area contributed by atoms with Gasteiger partial charge in [0.05, 0.1) is 16.6 Å². The van der Waals surface area contributed by atoms with E-state index in [0.29, 0.717) is 21.7 Å². The lowest BCUT2D eigenvalue weighted by Gasteiger charge is -2.14. The second kappa shape index (κ2) is 7.89. The molecular weight excluding hydrogens is 483 g/mol. The molecular formula is C23H16ClIN2O. The van der Waals surface area contributed by atoms with Crippen LogP contribution in [0.2, 0.25) is 5.02 Å². The number of hydrogen-bond acceptors (Lipinski definition) is 2. The van der Waals surface area contributed by atoms with E-state index in [-0.39, 0.29) is 5.56 Å². The van der Waals surface area contributed by atoms with Crippen molar-refractivity contribution in [2.45, 2.75) is 6.92 Å². The van der Waals surface area contributed by atoms with Crippen LogP contribution in [0.3, 0.4) is 0 Å². The molecule has 0 aliphatic carbocycles. The van der Waals surface area contributed by atoms with E-state index in [9.17, 15) is 4.79 Å². The minimum absolute atomic E-state index is 0.0865. The first-order chi connectivity index (χ1) is 13.5. The highest BCUT2D eigenvalue weighted by Crippen LogP contribution is 2.21. The molecule has 0 bridgehead atoms. The van der Waals surface area contributed by atoms with Crippen molar-refractivity contribution in [2.75, 3.05) is 0 Å².